The van der Waals surface area contributed by atoms with Crippen LogP contribution in [-0.4, -0.2) is 38.8 Å². The summed E-state index contributed by atoms with van der Waals surface area (Å²) in [5, 5.41) is 6.54. The van der Waals surface area contributed by atoms with Gasteiger partial charge in [-0.2, -0.15) is 0 Å². The predicted molar refractivity (Wildman–Crippen MR) is 90.6 cm³/mol. The molecule has 1 atom stereocenters. The Kier molecular flexibility index (Phi) is 4.56. The molecule has 2 aromatic heterocycles. The third-order valence-corrected chi connectivity index (χ3v) is 4.96. The van der Waals surface area contributed by atoms with Gasteiger partial charge in [0.05, 0.1) is 16.7 Å². The number of aryl methyl sites for hydroxylation is 2. The molecule has 0 saturated carbocycles. The van der Waals surface area contributed by atoms with E-state index in [0.717, 1.165) is 54.0 Å². The normalized spacial score (nSPS) is 17.0. The largest absolute Gasteiger partial charge is 0.370 e. The number of aromatic nitrogens is 3. The molecule has 2 aromatic rings. The van der Waals surface area contributed by atoms with Gasteiger partial charge < -0.3 is 10.2 Å². The molecule has 0 radical (unpaired) electrons. The summed E-state index contributed by atoms with van der Waals surface area (Å²) in [5.41, 5.74) is 1.99. The van der Waals surface area contributed by atoms with Gasteiger partial charge in [-0.05, 0) is 20.3 Å². The van der Waals surface area contributed by atoms with Crippen molar-refractivity contribution < 1.29 is 4.79 Å². The van der Waals surface area contributed by atoms with Gasteiger partial charge in [0.1, 0.15) is 11.6 Å². The summed E-state index contributed by atoms with van der Waals surface area (Å²) in [4.78, 5) is 26.8. The van der Waals surface area contributed by atoms with Gasteiger partial charge in [0.2, 0.25) is 5.91 Å². The zero-order valence-corrected chi connectivity index (χ0v) is 14.5. The number of hydrogen-bond donors (Lipinski definition) is 1. The number of carbonyl (C=O) groups is 1. The lowest BCUT2D eigenvalue weighted by Gasteiger charge is -2.40. The Morgan fingerprint density at radius 1 is 1.39 bits per heavy atom. The second-order valence-electron chi connectivity index (χ2n) is 5.80. The Morgan fingerprint density at radius 3 is 2.83 bits per heavy atom. The van der Waals surface area contributed by atoms with E-state index in [2.05, 4.69) is 25.6 Å². The van der Waals surface area contributed by atoms with E-state index in [9.17, 15) is 4.79 Å². The molecule has 0 spiro atoms. The van der Waals surface area contributed by atoms with Crippen molar-refractivity contribution in [2.24, 2.45) is 0 Å². The minimum Gasteiger partial charge on any atom is -0.370 e. The van der Waals surface area contributed by atoms with Crippen LogP contribution < -0.4 is 5.32 Å². The lowest BCUT2D eigenvalue weighted by atomic mass is 9.99. The number of likely N-dealkylation sites (tertiary alicyclic amines) is 1. The average molecular weight is 331 g/mol. The van der Waals surface area contributed by atoms with Crippen LogP contribution in [0, 0.1) is 13.8 Å². The quantitative estimate of drug-likeness (QED) is 0.911. The molecule has 1 N–H and O–H groups in total. The van der Waals surface area contributed by atoms with Crippen molar-refractivity contribution in [3.8, 4) is 0 Å². The summed E-state index contributed by atoms with van der Waals surface area (Å²) in [5.74, 6) is 1.65. The van der Waals surface area contributed by atoms with Crippen LogP contribution in [0.3, 0.4) is 0 Å². The molecule has 1 aliphatic rings. The van der Waals surface area contributed by atoms with Crippen LogP contribution in [0.15, 0.2) is 11.4 Å². The van der Waals surface area contributed by atoms with E-state index in [1.807, 2.05) is 24.8 Å². The third-order valence-electron chi connectivity index (χ3n) is 3.93. The highest BCUT2D eigenvalue weighted by Crippen LogP contribution is 2.32. The molecular formula is C16H21N5OS. The first-order chi connectivity index (χ1) is 11.0. The van der Waals surface area contributed by atoms with Crippen LogP contribution >= 0.6 is 11.3 Å². The molecule has 6 nitrogen and oxygen atoms in total. The number of thiazole rings is 1. The molecule has 0 bridgehead atoms. The highest BCUT2D eigenvalue weighted by Gasteiger charge is 2.32. The van der Waals surface area contributed by atoms with Crippen molar-refractivity contribution in [2.45, 2.75) is 39.7 Å². The second-order valence-corrected chi connectivity index (χ2v) is 6.74. The van der Waals surface area contributed by atoms with E-state index in [-0.39, 0.29) is 11.9 Å². The maximum Gasteiger partial charge on any atom is 0.220 e. The van der Waals surface area contributed by atoms with Crippen LogP contribution in [0.1, 0.15) is 41.6 Å². The molecule has 1 unspecified atom stereocenters. The Morgan fingerprint density at radius 2 is 2.22 bits per heavy atom. The van der Waals surface area contributed by atoms with E-state index < -0.39 is 0 Å². The first kappa shape index (κ1) is 15.9. The van der Waals surface area contributed by atoms with Gasteiger partial charge in [-0.25, -0.2) is 15.0 Å². The SMILES string of the molecule is CC(=O)N1CCC1c1cc(NCCc2nc(C)cs2)nc(C)n1. The minimum absolute atomic E-state index is 0.0939. The lowest BCUT2D eigenvalue weighted by Crippen LogP contribution is -2.44. The molecule has 23 heavy (non-hydrogen) atoms. The van der Waals surface area contributed by atoms with E-state index in [1.54, 1.807) is 18.3 Å². The van der Waals surface area contributed by atoms with E-state index in [1.165, 1.54) is 0 Å². The molecule has 0 aliphatic carbocycles. The Balaban J connectivity index is 1.64. The summed E-state index contributed by atoms with van der Waals surface area (Å²) in [6.45, 7) is 7.09. The molecule has 1 fully saturated rings. The summed E-state index contributed by atoms with van der Waals surface area (Å²) in [7, 11) is 0. The highest BCUT2D eigenvalue weighted by atomic mass is 32.1. The highest BCUT2D eigenvalue weighted by molar-refractivity contribution is 7.09. The summed E-state index contributed by atoms with van der Waals surface area (Å²) < 4.78 is 0. The number of carbonyl (C=O) groups excluding carboxylic acids is 1. The molecule has 1 saturated heterocycles. The number of anilines is 1. The summed E-state index contributed by atoms with van der Waals surface area (Å²) >= 11 is 1.68. The van der Waals surface area contributed by atoms with Gasteiger partial charge in [-0.1, -0.05) is 0 Å². The summed E-state index contributed by atoms with van der Waals surface area (Å²) in [6, 6.07) is 2.05. The van der Waals surface area contributed by atoms with Crippen molar-refractivity contribution in [3.05, 3.63) is 33.7 Å². The number of amides is 1. The van der Waals surface area contributed by atoms with E-state index >= 15 is 0 Å². The van der Waals surface area contributed by atoms with E-state index in [0.29, 0.717) is 0 Å². The van der Waals surface area contributed by atoms with Crippen molar-refractivity contribution in [2.75, 3.05) is 18.4 Å². The number of nitrogens with zero attached hydrogens (tertiary/aromatic N) is 4. The minimum atomic E-state index is 0.0939. The molecule has 3 rings (SSSR count). The predicted octanol–water partition coefficient (Wildman–Crippen LogP) is 2.50. The zero-order chi connectivity index (χ0) is 16.4. The molecule has 7 heteroatoms. The van der Waals surface area contributed by atoms with Crippen LogP contribution in [0.5, 0.6) is 0 Å². The van der Waals surface area contributed by atoms with Gasteiger partial charge in [-0.15, -0.1) is 11.3 Å². The number of hydrogen-bond acceptors (Lipinski definition) is 6. The van der Waals surface area contributed by atoms with Crippen LogP contribution in [0.25, 0.3) is 0 Å². The number of nitrogens with one attached hydrogen (secondary N) is 1. The fraction of sp³-hybridized carbons (Fsp3) is 0.500. The summed E-state index contributed by atoms with van der Waals surface area (Å²) in [6.07, 6.45) is 1.84. The van der Waals surface area contributed by atoms with Gasteiger partial charge in [-0.3, -0.25) is 4.79 Å². The monoisotopic (exact) mass is 331 g/mol. The first-order valence-electron chi connectivity index (χ1n) is 7.80. The van der Waals surface area contributed by atoms with Crippen molar-refractivity contribution >= 4 is 23.1 Å². The fourth-order valence-electron chi connectivity index (χ4n) is 2.74. The average Bonchev–Trinajstić information content (AvgIpc) is 2.82. The van der Waals surface area contributed by atoms with Crippen LogP contribution in [0.4, 0.5) is 5.82 Å². The maximum atomic E-state index is 11.6. The number of rotatable bonds is 5. The molecule has 122 valence electrons. The third kappa shape index (κ3) is 3.67. The molecule has 1 aliphatic heterocycles. The van der Waals surface area contributed by atoms with Crippen LogP contribution in [-0.2, 0) is 11.2 Å². The van der Waals surface area contributed by atoms with Gasteiger partial charge >= 0.3 is 0 Å². The second kappa shape index (κ2) is 6.62. The lowest BCUT2D eigenvalue weighted by molar-refractivity contribution is -0.136. The molecular weight excluding hydrogens is 310 g/mol. The molecule has 1 amide bonds. The first-order valence-corrected chi connectivity index (χ1v) is 8.68. The Bertz CT molecular complexity index is 714. The van der Waals surface area contributed by atoms with Gasteiger partial charge in [0, 0.05) is 43.6 Å². The Labute approximate surface area is 140 Å². The topological polar surface area (TPSA) is 71.0 Å². The van der Waals surface area contributed by atoms with Crippen molar-refractivity contribution in [3.63, 3.8) is 0 Å². The maximum absolute atomic E-state index is 11.6. The molecule has 3 heterocycles. The zero-order valence-electron chi connectivity index (χ0n) is 13.7. The smallest absolute Gasteiger partial charge is 0.220 e. The fourth-order valence-corrected chi connectivity index (χ4v) is 3.51. The Hall–Kier alpha value is -2.02. The molecule has 0 aromatic carbocycles. The van der Waals surface area contributed by atoms with E-state index in [4.69, 9.17) is 0 Å². The van der Waals surface area contributed by atoms with Gasteiger partial charge in [0.15, 0.2) is 0 Å². The van der Waals surface area contributed by atoms with Crippen molar-refractivity contribution in [1.29, 1.82) is 0 Å². The van der Waals surface area contributed by atoms with Crippen LogP contribution in [0.2, 0.25) is 0 Å². The van der Waals surface area contributed by atoms with Gasteiger partial charge in [0.25, 0.3) is 0 Å². The van der Waals surface area contributed by atoms with Crippen molar-refractivity contribution in [1.82, 2.24) is 19.9 Å². The standard InChI is InChI=1S/C16H21N5OS/c1-10-9-23-16(18-10)4-6-17-15-8-13(19-11(2)20-15)14-5-7-21(14)12(3)22/h8-9,14H,4-7H2,1-3H3,(H,17,19,20).